The molecule has 0 radical (unpaired) electrons. The summed E-state index contributed by atoms with van der Waals surface area (Å²) in [7, 11) is 0. The number of carbonyl (C=O) groups is 1. The maximum atomic E-state index is 13.6. The first-order valence-electron chi connectivity index (χ1n) is 6.55. The van der Waals surface area contributed by atoms with E-state index in [1.165, 1.54) is 6.07 Å². The highest BCUT2D eigenvalue weighted by molar-refractivity contribution is 9.10. The van der Waals surface area contributed by atoms with Crippen molar-refractivity contribution < 1.29 is 13.9 Å². The van der Waals surface area contributed by atoms with Crippen LogP contribution in [0.2, 0.25) is 0 Å². The van der Waals surface area contributed by atoms with Crippen LogP contribution in [-0.4, -0.2) is 12.6 Å². The minimum Gasteiger partial charge on any atom is -0.462 e. The molecule has 0 aliphatic rings. The summed E-state index contributed by atoms with van der Waals surface area (Å²) in [5.41, 5.74) is 1.75. The van der Waals surface area contributed by atoms with Gasteiger partial charge in [-0.05, 0) is 43.3 Å². The van der Waals surface area contributed by atoms with Crippen molar-refractivity contribution >= 4 is 27.6 Å². The molecule has 0 bridgehead atoms. The lowest BCUT2D eigenvalue weighted by molar-refractivity contribution is 0.0526. The lowest BCUT2D eigenvalue weighted by Gasteiger charge is -2.09. The van der Waals surface area contributed by atoms with Crippen molar-refractivity contribution in [2.75, 3.05) is 11.9 Å². The van der Waals surface area contributed by atoms with E-state index in [1.807, 2.05) is 6.07 Å². The molecule has 0 aromatic heterocycles. The molecule has 0 fully saturated rings. The fourth-order valence-electron chi connectivity index (χ4n) is 1.85. The van der Waals surface area contributed by atoms with E-state index in [0.717, 1.165) is 10.2 Å². The van der Waals surface area contributed by atoms with E-state index in [-0.39, 0.29) is 11.8 Å². The predicted molar refractivity (Wildman–Crippen MR) is 83.8 cm³/mol. The average molecular weight is 352 g/mol. The Morgan fingerprint density at radius 3 is 2.86 bits per heavy atom. The Bertz CT molecular complexity index is 646. The van der Waals surface area contributed by atoms with Crippen LogP contribution in [-0.2, 0) is 11.3 Å². The molecule has 3 nitrogen and oxygen atoms in total. The number of hydrogen-bond acceptors (Lipinski definition) is 3. The highest BCUT2D eigenvalue weighted by atomic mass is 79.9. The van der Waals surface area contributed by atoms with Crippen molar-refractivity contribution in [1.82, 2.24) is 0 Å². The van der Waals surface area contributed by atoms with Crippen molar-refractivity contribution in [3.63, 3.8) is 0 Å². The lowest BCUT2D eigenvalue weighted by atomic mass is 10.2. The molecule has 0 aliphatic heterocycles. The molecular weight excluding hydrogens is 337 g/mol. The van der Waals surface area contributed by atoms with E-state index in [1.54, 1.807) is 37.3 Å². The van der Waals surface area contributed by atoms with Gasteiger partial charge in [-0.25, -0.2) is 9.18 Å². The second-order valence-corrected chi connectivity index (χ2v) is 5.31. The Labute approximate surface area is 131 Å². The fourth-order valence-corrected chi connectivity index (χ4v) is 2.26. The third-order valence-corrected chi connectivity index (χ3v) is 3.36. The molecule has 2 aromatic carbocycles. The standard InChI is InChI=1S/C16H15BrFNO2/c1-2-21-16(20)11-4-3-5-14(9-11)19-10-12-8-13(17)6-7-15(12)18/h3-9,19H,2,10H2,1H3. The first-order valence-corrected chi connectivity index (χ1v) is 7.34. The zero-order valence-electron chi connectivity index (χ0n) is 11.5. The number of rotatable bonds is 5. The molecule has 0 amide bonds. The Balaban J connectivity index is 2.08. The van der Waals surface area contributed by atoms with Gasteiger partial charge in [0.25, 0.3) is 0 Å². The molecule has 0 heterocycles. The normalized spacial score (nSPS) is 10.2. The average Bonchev–Trinajstić information content (AvgIpc) is 2.49. The quantitative estimate of drug-likeness (QED) is 0.812. The molecule has 1 N–H and O–H groups in total. The molecule has 0 aliphatic carbocycles. The summed E-state index contributed by atoms with van der Waals surface area (Å²) < 4.78 is 19.4. The van der Waals surface area contributed by atoms with Gasteiger partial charge in [-0.15, -0.1) is 0 Å². The number of anilines is 1. The van der Waals surface area contributed by atoms with Gasteiger partial charge in [0.05, 0.1) is 12.2 Å². The van der Waals surface area contributed by atoms with Crippen LogP contribution in [0.25, 0.3) is 0 Å². The summed E-state index contributed by atoms with van der Waals surface area (Å²) in [6.07, 6.45) is 0. The maximum absolute atomic E-state index is 13.6. The van der Waals surface area contributed by atoms with E-state index >= 15 is 0 Å². The Kier molecular flexibility index (Phi) is 5.33. The summed E-state index contributed by atoms with van der Waals surface area (Å²) in [4.78, 5) is 11.7. The van der Waals surface area contributed by atoms with Gasteiger partial charge in [-0.2, -0.15) is 0 Å². The summed E-state index contributed by atoms with van der Waals surface area (Å²) >= 11 is 3.31. The number of benzene rings is 2. The first kappa shape index (κ1) is 15.5. The minimum absolute atomic E-state index is 0.271. The van der Waals surface area contributed by atoms with Gasteiger partial charge in [-0.1, -0.05) is 22.0 Å². The van der Waals surface area contributed by atoms with Crippen molar-refractivity contribution in [2.24, 2.45) is 0 Å². The van der Waals surface area contributed by atoms with E-state index in [2.05, 4.69) is 21.2 Å². The van der Waals surface area contributed by atoms with Crippen LogP contribution in [0, 0.1) is 5.82 Å². The highest BCUT2D eigenvalue weighted by Gasteiger charge is 2.07. The first-order chi connectivity index (χ1) is 10.1. The predicted octanol–water partition coefficient (Wildman–Crippen LogP) is 4.38. The van der Waals surface area contributed by atoms with Crippen LogP contribution in [0.1, 0.15) is 22.8 Å². The molecule has 0 spiro atoms. The molecule has 2 aromatic rings. The number of halogens is 2. The van der Waals surface area contributed by atoms with Crippen LogP contribution in [0.3, 0.4) is 0 Å². The SMILES string of the molecule is CCOC(=O)c1cccc(NCc2cc(Br)ccc2F)c1. The topological polar surface area (TPSA) is 38.3 Å². The van der Waals surface area contributed by atoms with Crippen molar-refractivity contribution in [3.8, 4) is 0 Å². The van der Waals surface area contributed by atoms with Gasteiger partial charge in [0.15, 0.2) is 0 Å². The Morgan fingerprint density at radius 1 is 1.29 bits per heavy atom. The van der Waals surface area contributed by atoms with Gasteiger partial charge >= 0.3 is 5.97 Å². The largest absolute Gasteiger partial charge is 0.462 e. The molecule has 0 saturated carbocycles. The van der Waals surface area contributed by atoms with Crippen molar-refractivity contribution in [3.05, 3.63) is 63.9 Å². The molecular formula is C16H15BrFNO2. The van der Waals surface area contributed by atoms with Gasteiger partial charge in [0.1, 0.15) is 5.82 Å². The smallest absolute Gasteiger partial charge is 0.338 e. The van der Waals surface area contributed by atoms with E-state index in [0.29, 0.717) is 24.3 Å². The minimum atomic E-state index is -0.366. The summed E-state index contributed by atoms with van der Waals surface area (Å²) in [6, 6.07) is 11.7. The molecule has 0 atom stereocenters. The van der Waals surface area contributed by atoms with Crippen LogP contribution in [0.15, 0.2) is 46.9 Å². The zero-order chi connectivity index (χ0) is 15.2. The van der Waals surface area contributed by atoms with Crippen LogP contribution in [0.4, 0.5) is 10.1 Å². The lowest BCUT2D eigenvalue weighted by Crippen LogP contribution is -2.06. The van der Waals surface area contributed by atoms with E-state index < -0.39 is 0 Å². The highest BCUT2D eigenvalue weighted by Crippen LogP contribution is 2.18. The van der Waals surface area contributed by atoms with Gasteiger partial charge in [0.2, 0.25) is 0 Å². The molecule has 5 heteroatoms. The Morgan fingerprint density at radius 2 is 2.10 bits per heavy atom. The molecule has 110 valence electrons. The van der Waals surface area contributed by atoms with Crippen LogP contribution < -0.4 is 5.32 Å². The van der Waals surface area contributed by atoms with Gasteiger partial charge in [-0.3, -0.25) is 0 Å². The number of nitrogens with one attached hydrogen (secondary N) is 1. The van der Waals surface area contributed by atoms with Crippen molar-refractivity contribution in [1.29, 1.82) is 0 Å². The summed E-state index contributed by atoms with van der Waals surface area (Å²) in [5, 5.41) is 3.10. The second-order valence-electron chi connectivity index (χ2n) is 4.39. The summed E-state index contributed by atoms with van der Waals surface area (Å²) in [6.45, 7) is 2.42. The molecule has 0 saturated heterocycles. The molecule has 2 rings (SSSR count). The summed E-state index contributed by atoms with van der Waals surface area (Å²) in [5.74, 6) is -0.637. The van der Waals surface area contributed by atoms with Crippen LogP contribution >= 0.6 is 15.9 Å². The maximum Gasteiger partial charge on any atom is 0.338 e. The van der Waals surface area contributed by atoms with Crippen LogP contribution in [0.5, 0.6) is 0 Å². The van der Waals surface area contributed by atoms with Crippen molar-refractivity contribution in [2.45, 2.75) is 13.5 Å². The number of carbonyl (C=O) groups excluding carboxylic acids is 1. The fraction of sp³-hybridized carbons (Fsp3) is 0.188. The monoisotopic (exact) mass is 351 g/mol. The number of hydrogen-bond donors (Lipinski definition) is 1. The third-order valence-electron chi connectivity index (χ3n) is 2.86. The number of esters is 1. The molecule has 0 unspecified atom stereocenters. The van der Waals surface area contributed by atoms with E-state index in [9.17, 15) is 9.18 Å². The number of ether oxygens (including phenoxy) is 1. The Hall–Kier alpha value is -1.88. The zero-order valence-corrected chi connectivity index (χ0v) is 13.1. The second kappa shape index (κ2) is 7.22. The van der Waals surface area contributed by atoms with Gasteiger partial charge in [0, 0.05) is 22.3 Å². The molecule has 21 heavy (non-hydrogen) atoms. The van der Waals surface area contributed by atoms with E-state index in [4.69, 9.17) is 4.74 Å². The third kappa shape index (κ3) is 4.29. The van der Waals surface area contributed by atoms with Gasteiger partial charge < -0.3 is 10.1 Å².